The van der Waals surface area contributed by atoms with Gasteiger partial charge in [0.15, 0.2) is 0 Å². The maximum Gasteiger partial charge on any atom is 0.274 e. The molecule has 5 nitrogen and oxygen atoms in total. The Morgan fingerprint density at radius 1 is 1.06 bits per heavy atom. The van der Waals surface area contributed by atoms with Crippen molar-refractivity contribution >= 4 is 79.7 Å². The number of rotatable bonds is 6. The molecule has 0 radical (unpaired) electrons. The van der Waals surface area contributed by atoms with E-state index in [1.165, 1.54) is 17.0 Å². The van der Waals surface area contributed by atoms with Gasteiger partial charge in [0, 0.05) is 6.20 Å². The van der Waals surface area contributed by atoms with Crippen LogP contribution in [0.4, 0.5) is 0 Å². The Kier molecular flexibility index (Phi) is 7.59. The van der Waals surface area contributed by atoms with Crippen LogP contribution in [0.1, 0.15) is 21.5 Å². The highest BCUT2D eigenvalue weighted by Crippen LogP contribution is 2.30. The van der Waals surface area contributed by atoms with Gasteiger partial charge in [-0.3, -0.25) is 4.79 Å². The van der Waals surface area contributed by atoms with Crippen LogP contribution >= 0.6 is 56.8 Å². The lowest BCUT2D eigenvalue weighted by atomic mass is 10.1. The summed E-state index contributed by atoms with van der Waals surface area (Å²) >= 11 is 10.4. The number of hydrazone groups is 1. The minimum Gasteiger partial charge on any atom is -0.487 e. The summed E-state index contributed by atoms with van der Waals surface area (Å²) in [6, 6.07) is 21.6. The van der Waals surface area contributed by atoms with Crippen LogP contribution in [0.5, 0.6) is 5.75 Å². The highest BCUT2D eigenvalue weighted by atomic mass is 127. The third-order valence-corrected chi connectivity index (χ3v) is 6.56. The van der Waals surface area contributed by atoms with Crippen molar-refractivity contribution in [2.75, 3.05) is 0 Å². The van der Waals surface area contributed by atoms with Crippen LogP contribution in [-0.2, 0) is 6.61 Å². The molecule has 8 heteroatoms. The van der Waals surface area contributed by atoms with Gasteiger partial charge in [0.2, 0.25) is 0 Å². The number of aromatic nitrogens is 1. The summed E-state index contributed by atoms with van der Waals surface area (Å²) in [7, 11) is 0. The Hall–Kier alpha value is -2.24. The number of hydrogen-bond acceptors (Lipinski definition) is 4. The molecule has 1 N–H and O–H groups in total. The second kappa shape index (κ2) is 10.6. The summed E-state index contributed by atoms with van der Waals surface area (Å²) in [5.74, 6) is 0.404. The fourth-order valence-electron chi connectivity index (χ4n) is 3.14. The van der Waals surface area contributed by atoms with Crippen molar-refractivity contribution in [3.8, 4) is 5.75 Å². The zero-order chi connectivity index (χ0) is 22.5. The number of carbonyl (C=O) groups is 1. The predicted molar refractivity (Wildman–Crippen MR) is 144 cm³/mol. The number of hydrogen-bond donors (Lipinski definition) is 1. The molecule has 160 valence electrons. The molecule has 0 fully saturated rings. The third kappa shape index (κ3) is 5.38. The number of halogens is 3. The third-order valence-electron chi connectivity index (χ3n) is 4.66. The van der Waals surface area contributed by atoms with E-state index in [0.29, 0.717) is 6.61 Å². The molecule has 1 amide bonds. The standard InChI is InChI=1S/C24H16ClI2N3O2/c25-23-19(9-4-10-28-23)24(31)30-29-13-15-11-20(26)22(21(27)12-15)32-14-17-7-3-6-16-5-1-2-8-18(16)17/h1-13H,14H2,(H,30,31). The Balaban J connectivity index is 1.45. The molecule has 0 saturated carbocycles. The monoisotopic (exact) mass is 667 g/mol. The van der Waals surface area contributed by atoms with E-state index >= 15 is 0 Å². The lowest BCUT2D eigenvalue weighted by molar-refractivity contribution is 0.0955. The molecule has 4 aromatic rings. The zero-order valence-electron chi connectivity index (χ0n) is 16.6. The number of nitrogens with zero attached hydrogens (tertiary/aromatic N) is 2. The van der Waals surface area contributed by atoms with Crippen molar-refractivity contribution in [1.29, 1.82) is 0 Å². The first kappa shape index (κ1) is 22.9. The van der Waals surface area contributed by atoms with E-state index in [2.05, 4.69) is 85.0 Å². The number of ether oxygens (including phenoxy) is 1. The van der Waals surface area contributed by atoms with E-state index in [1.807, 2.05) is 30.3 Å². The fraction of sp³-hybridized carbons (Fsp3) is 0.0417. The van der Waals surface area contributed by atoms with Gasteiger partial charge in [0.25, 0.3) is 5.91 Å². The van der Waals surface area contributed by atoms with Gasteiger partial charge in [-0.05, 0) is 91.3 Å². The van der Waals surface area contributed by atoms with Gasteiger partial charge in [-0.1, -0.05) is 54.1 Å². The molecule has 0 spiro atoms. The van der Waals surface area contributed by atoms with Crippen LogP contribution in [0.15, 0.2) is 78.0 Å². The lowest BCUT2D eigenvalue weighted by Gasteiger charge is -2.13. The maximum atomic E-state index is 12.2. The number of pyridine rings is 1. The first-order valence-electron chi connectivity index (χ1n) is 9.55. The van der Waals surface area contributed by atoms with Crippen molar-refractivity contribution in [3.63, 3.8) is 0 Å². The number of amides is 1. The Labute approximate surface area is 217 Å². The molecule has 0 aliphatic heterocycles. The molecule has 4 rings (SSSR count). The van der Waals surface area contributed by atoms with Gasteiger partial charge in [-0.2, -0.15) is 5.10 Å². The average Bonchev–Trinajstić information content (AvgIpc) is 2.79. The summed E-state index contributed by atoms with van der Waals surface area (Å²) in [6.45, 7) is 0.475. The van der Waals surface area contributed by atoms with Crippen molar-refractivity contribution in [2.45, 2.75) is 6.61 Å². The van der Waals surface area contributed by atoms with E-state index in [1.54, 1.807) is 18.3 Å². The van der Waals surface area contributed by atoms with Crippen LogP contribution < -0.4 is 10.2 Å². The molecule has 0 bridgehead atoms. The first-order valence-corrected chi connectivity index (χ1v) is 12.1. The van der Waals surface area contributed by atoms with Crippen molar-refractivity contribution in [1.82, 2.24) is 10.4 Å². The minimum atomic E-state index is -0.418. The molecule has 1 aromatic heterocycles. The largest absolute Gasteiger partial charge is 0.487 e. The SMILES string of the molecule is O=C(NN=Cc1cc(I)c(OCc2cccc3ccccc23)c(I)c1)c1cccnc1Cl. The van der Waals surface area contributed by atoms with Gasteiger partial charge in [-0.15, -0.1) is 0 Å². The molecule has 0 aliphatic rings. The number of carbonyl (C=O) groups excluding carboxylic acids is 1. The van der Waals surface area contributed by atoms with E-state index in [9.17, 15) is 4.79 Å². The molecular formula is C24H16ClI2N3O2. The van der Waals surface area contributed by atoms with Crippen molar-refractivity contribution in [2.24, 2.45) is 5.10 Å². The second-order valence-corrected chi connectivity index (χ2v) is 9.46. The van der Waals surface area contributed by atoms with Gasteiger partial charge in [0.05, 0.1) is 18.9 Å². The molecule has 1 heterocycles. The highest BCUT2D eigenvalue weighted by Gasteiger charge is 2.11. The second-order valence-electron chi connectivity index (χ2n) is 6.78. The van der Waals surface area contributed by atoms with Gasteiger partial charge in [0.1, 0.15) is 17.5 Å². The molecule has 32 heavy (non-hydrogen) atoms. The molecule has 0 atom stereocenters. The van der Waals surface area contributed by atoms with Crippen LogP contribution in [0.2, 0.25) is 5.15 Å². The van der Waals surface area contributed by atoms with E-state index in [4.69, 9.17) is 16.3 Å². The summed E-state index contributed by atoms with van der Waals surface area (Å²) in [4.78, 5) is 16.1. The van der Waals surface area contributed by atoms with Crippen LogP contribution in [0.3, 0.4) is 0 Å². The molecule has 0 unspecified atom stereocenters. The Bertz CT molecular complexity index is 1300. The summed E-state index contributed by atoms with van der Waals surface area (Å²) < 4.78 is 8.09. The van der Waals surface area contributed by atoms with Crippen LogP contribution in [0, 0.1) is 7.14 Å². The number of fused-ring (bicyclic) bond motifs is 1. The van der Waals surface area contributed by atoms with E-state index in [-0.39, 0.29) is 10.7 Å². The highest BCUT2D eigenvalue weighted by molar-refractivity contribution is 14.1. The smallest absolute Gasteiger partial charge is 0.274 e. The first-order chi connectivity index (χ1) is 15.5. The van der Waals surface area contributed by atoms with Crippen molar-refractivity contribution in [3.05, 3.63) is 102 Å². The Morgan fingerprint density at radius 3 is 2.59 bits per heavy atom. The number of benzene rings is 3. The van der Waals surface area contributed by atoms with E-state index < -0.39 is 5.91 Å². The van der Waals surface area contributed by atoms with Crippen molar-refractivity contribution < 1.29 is 9.53 Å². The van der Waals surface area contributed by atoms with Crippen LogP contribution in [-0.4, -0.2) is 17.1 Å². The quantitative estimate of drug-likeness (QED) is 0.112. The van der Waals surface area contributed by atoms with Gasteiger partial charge < -0.3 is 4.74 Å². The maximum absolute atomic E-state index is 12.2. The fourth-order valence-corrected chi connectivity index (χ4v) is 5.47. The lowest BCUT2D eigenvalue weighted by Crippen LogP contribution is -2.18. The topological polar surface area (TPSA) is 63.6 Å². The number of nitrogens with one attached hydrogen (secondary N) is 1. The Morgan fingerprint density at radius 2 is 1.81 bits per heavy atom. The summed E-state index contributed by atoms with van der Waals surface area (Å²) in [6.07, 6.45) is 3.11. The van der Waals surface area contributed by atoms with Crippen LogP contribution in [0.25, 0.3) is 10.8 Å². The zero-order valence-corrected chi connectivity index (χ0v) is 21.6. The average molecular weight is 668 g/mol. The predicted octanol–water partition coefficient (Wildman–Crippen LogP) is 6.44. The van der Waals surface area contributed by atoms with Gasteiger partial charge in [-0.25, -0.2) is 10.4 Å². The normalized spacial score (nSPS) is 11.1. The van der Waals surface area contributed by atoms with Gasteiger partial charge >= 0.3 is 0 Å². The minimum absolute atomic E-state index is 0.136. The van der Waals surface area contributed by atoms with E-state index in [0.717, 1.165) is 24.0 Å². The summed E-state index contributed by atoms with van der Waals surface area (Å²) in [5.41, 5.74) is 4.72. The molecule has 0 saturated heterocycles. The molecular weight excluding hydrogens is 652 g/mol. The molecule has 3 aromatic carbocycles. The molecule has 0 aliphatic carbocycles. The summed E-state index contributed by atoms with van der Waals surface area (Å²) in [5, 5.41) is 6.56.